The summed E-state index contributed by atoms with van der Waals surface area (Å²) in [6.07, 6.45) is 3.98. The third kappa shape index (κ3) is 3.16. The highest BCUT2D eigenvalue weighted by Crippen LogP contribution is 2.12. The van der Waals surface area contributed by atoms with Gasteiger partial charge < -0.3 is 19.4 Å². The summed E-state index contributed by atoms with van der Waals surface area (Å²) < 4.78 is 5.30. The van der Waals surface area contributed by atoms with Crippen LogP contribution in [0.2, 0.25) is 0 Å². The van der Waals surface area contributed by atoms with Crippen LogP contribution in [0, 0.1) is 0 Å². The van der Waals surface area contributed by atoms with E-state index in [0.717, 1.165) is 25.3 Å². The van der Waals surface area contributed by atoms with Crippen molar-refractivity contribution in [1.82, 2.24) is 19.8 Å². The molecule has 2 saturated heterocycles. The van der Waals surface area contributed by atoms with Crippen LogP contribution < -0.4 is 4.90 Å². The van der Waals surface area contributed by atoms with Crippen LogP contribution in [0.3, 0.4) is 0 Å². The van der Waals surface area contributed by atoms with Gasteiger partial charge in [0.25, 0.3) is 5.91 Å². The number of hydrogen-bond donors (Lipinski definition) is 0. The first-order chi connectivity index (χ1) is 10.8. The number of aromatic nitrogens is 2. The molecule has 0 unspecified atom stereocenters. The molecular weight excluding hydrogens is 286 g/mol. The van der Waals surface area contributed by atoms with E-state index in [9.17, 15) is 9.59 Å². The number of nitrogens with zero attached hydrogens (tertiary/aromatic N) is 5. The zero-order chi connectivity index (χ0) is 15.4. The molecule has 0 aromatic carbocycles. The van der Waals surface area contributed by atoms with E-state index < -0.39 is 0 Å². The van der Waals surface area contributed by atoms with E-state index in [1.54, 1.807) is 16.0 Å². The minimum Gasteiger partial charge on any atom is -0.378 e. The van der Waals surface area contributed by atoms with E-state index >= 15 is 0 Å². The van der Waals surface area contributed by atoms with Gasteiger partial charge in [-0.1, -0.05) is 0 Å². The van der Waals surface area contributed by atoms with E-state index in [4.69, 9.17) is 4.74 Å². The Kier molecular flexibility index (Phi) is 4.47. The van der Waals surface area contributed by atoms with E-state index in [1.807, 2.05) is 0 Å². The SMILES string of the molecule is O=CN1CCN(C(=O)c2cnc(N3CCOCC3)cn2)CC1. The summed E-state index contributed by atoms with van der Waals surface area (Å²) in [5, 5.41) is 0. The number of morpholine rings is 1. The van der Waals surface area contributed by atoms with Gasteiger partial charge in [-0.05, 0) is 0 Å². The molecule has 22 heavy (non-hydrogen) atoms. The number of ether oxygens (including phenoxy) is 1. The molecule has 2 amide bonds. The van der Waals surface area contributed by atoms with E-state index in [2.05, 4.69) is 14.9 Å². The Balaban J connectivity index is 1.62. The lowest BCUT2D eigenvalue weighted by Crippen LogP contribution is -2.48. The van der Waals surface area contributed by atoms with Crippen molar-refractivity contribution in [3.63, 3.8) is 0 Å². The van der Waals surface area contributed by atoms with Crippen LogP contribution in [0.4, 0.5) is 5.82 Å². The van der Waals surface area contributed by atoms with Crippen molar-refractivity contribution in [3.05, 3.63) is 18.1 Å². The maximum atomic E-state index is 12.4. The van der Waals surface area contributed by atoms with Gasteiger partial charge in [0.2, 0.25) is 6.41 Å². The number of piperazine rings is 1. The van der Waals surface area contributed by atoms with Crippen LogP contribution in [-0.4, -0.2) is 84.6 Å². The average Bonchev–Trinajstić information content (AvgIpc) is 2.62. The third-order valence-electron chi connectivity index (χ3n) is 3.94. The molecule has 118 valence electrons. The maximum Gasteiger partial charge on any atom is 0.274 e. The third-order valence-corrected chi connectivity index (χ3v) is 3.94. The normalized spacial score (nSPS) is 19.2. The van der Waals surface area contributed by atoms with E-state index in [1.165, 1.54) is 6.20 Å². The van der Waals surface area contributed by atoms with Crippen molar-refractivity contribution < 1.29 is 14.3 Å². The monoisotopic (exact) mass is 305 g/mol. The zero-order valence-electron chi connectivity index (χ0n) is 12.3. The largest absolute Gasteiger partial charge is 0.378 e. The molecule has 8 heteroatoms. The van der Waals surface area contributed by atoms with Crippen LogP contribution >= 0.6 is 0 Å². The van der Waals surface area contributed by atoms with Crippen LogP contribution in [0.1, 0.15) is 10.5 Å². The number of carbonyl (C=O) groups excluding carboxylic acids is 2. The smallest absolute Gasteiger partial charge is 0.274 e. The van der Waals surface area contributed by atoms with Crippen molar-refractivity contribution in [1.29, 1.82) is 0 Å². The number of rotatable bonds is 3. The lowest BCUT2D eigenvalue weighted by Gasteiger charge is -2.32. The van der Waals surface area contributed by atoms with Gasteiger partial charge >= 0.3 is 0 Å². The van der Waals surface area contributed by atoms with E-state index in [-0.39, 0.29) is 5.91 Å². The molecule has 0 atom stereocenters. The summed E-state index contributed by atoms with van der Waals surface area (Å²) in [7, 11) is 0. The van der Waals surface area contributed by atoms with E-state index in [0.29, 0.717) is 45.1 Å². The van der Waals surface area contributed by atoms with Crippen LogP contribution in [0.5, 0.6) is 0 Å². The van der Waals surface area contributed by atoms with Gasteiger partial charge in [0.05, 0.1) is 25.6 Å². The Labute approximate surface area is 128 Å². The predicted octanol–water partition coefficient (Wildman–Crippen LogP) is -0.773. The summed E-state index contributed by atoms with van der Waals surface area (Å²) in [6.45, 7) is 5.13. The second-order valence-corrected chi connectivity index (χ2v) is 5.29. The zero-order valence-corrected chi connectivity index (χ0v) is 12.3. The Bertz CT molecular complexity index is 522. The second-order valence-electron chi connectivity index (χ2n) is 5.29. The van der Waals surface area contributed by atoms with Crippen LogP contribution in [-0.2, 0) is 9.53 Å². The fraction of sp³-hybridized carbons (Fsp3) is 0.571. The lowest BCUT2D eigenvalue weighted by atomic mass is 10.3. The Hall–Kier alpha value is -2.22. The van der Waals surface area contributed by atoms with Gasteiger partial charge in [-0.2, -0.15) is 0 Å². The maximum absolute atomic E-state index is 12.4. The van der Waals surface area contributed by atoms with Gasteiger partial charge in [-0.15, -0.1) is 0 Å². The molecule has 3 heterocycles. The van der Waals surface area contributed by atoms with Crippen molar-refractivity contribution in [2.24, 2.45) is 0 Å². The summed E-state index contributed by atoms with van der Waals surface area (Å²) in [6, 6.07) is 0. The highest BCUT2D eigenvalue weighted by atomic mass is 16.5. The topological polar surface area (TPSA) is 78.9 Å². The number of anilines is 1. The lowest BCUT2D eigenvalue weighted by molar-refractivity contribution is -0.119. The fourth-order valence-electron chi connectivity index (χ4n) is 2.58. The van der Waals surface area contributed by atoms with Gasteiger partial charge in [0.15, 0.2) is 0 Å². The summed E-state index contributed by atoms with van der Waals surface area (Å²) in [4.78, 5) is 37.1. The predicted molar refractivity (Wildman–Crippen MR) is 78.6 cm³/mol. The molecule has 0 bridgehead atoms. The molecule has 3 rings (SSSR count). The first kappa shape index (κ1) is 14.7. The van der Waals surface area contributed by atoms with Crippen molar-refractivity contribution in [2.45, 2.75) is 0 Å². The molecule has 2 fully saturated rings. The summed E-state index contributed by atoms with van der Waals surface area (Å²) in [5.74, 6) is 0.636. The molecule has 1 aromatic heterocycles. The highest BCUT2D eigenvalue weighted by molar-refractivity contribution is 5.92. The quantitative estimate of drug-likeness (QED) is 0.682. The number of carbonyl (C=O) groups is 2. The average molecular weight is 305 g/mol. The summed E-state index contributed by atoms with van der Waals surface area (Å²) >= 11 is 0. The van der Waals surface area contributed by atoms with Gasteiger partial charge in [0.1, 0.15) is 11.5 Å². The molecule has 0 radical (unpaired) electrons. The second kappa shape index (κ2) is 6.69. The Morgan fingerprint density at radius 1 is 1.05 bits per heavy atom. The molecule has 8 nitrogen and oxygen atoms in total. The minimum atomic E-state index is -0.133. The molecule has 0 N–H and O–H groups in total. The highest BCUT2D eigenvalue weighted by Gasteiger charge is 2.23. The number of amides is 2. The number of hydrogen-bond acceptors (Lipinski definition) is 6. The molecule has 0 spiro atoms. The molecular formula is C14H19N5O3. The first-order valence-electron chi connectivity index (χ1n) is 7.41. The van der Waals surface area contributed by atoms with Crippen molar-refractivity contribution >= 4 is 18.1 Å². The van der Waals surface area contributed by atoms with Crippen molar-refractivity contribution in [3.8, 4) is 0 Å². The van der Waals surface area contributed by atoms with Gasteiger partial charge in [-0.3, -0.25) is 9.59 Å². The molecule has 1 aromatic rings. The molecule has 2 aliphatic rings. The van der Waals surface area contributed by atoms with Crippen LogP contribution in [0.15, 0.2) is 12.4 Å². The summed E-state index contributed by atoms with van der Waals surface area (Å²) in [5.41, 5.74) is 0.344. The standard InChI is InChI=1S/C14H19N5O3/c20-11-17-1-3-19(4-2-17)14(21)12-9-16-13(10-15-12)18-5-7-22-8-6-18/h9-11H,1-8H2. The van der Waals surface area contributed by atoms with Gasteiger partial charge in [0, 0.05) is 39.3 Å². The fourth-order valence-corrected chi connectivity index (χ4v) is 2.58. The molecule has 0 saturated carbocycles. The molecule has 2 aliphatic heterocycles. The Morgan fingerprint density at radius 2 is 1.77 bits per heavy atom. The van der Waals surface area contributed by atoms with Gasteiger partial charge in [-0.25, -0.2) is 9.97 Å². The first-order valence-corrected chi connectivity index (χ1v) is 7.41. The minimum absolute atomic E-state index is 0.133. The van der Waals surface area contributed by atoms with Crippen molar-refractivity contribution in [2.75, 3.05) is 57.4 Å². The van der Waals surface area contributed by atoms with Crippen LogP contribution in [0.25, 0.3) is 0 Å². The Morgan fingerprint density at radius 3 is 2.36 bits per heavy atom. The molecule has 0 aliphatic carbocycles.